The SMILES string of the molecule is CC1CNc2cc(Cl)cnc2NC1C. The first-order valence-electron chi connectivity index (χ1n) is 4.83. The summed E-state index contributed by atoms with van der Waals surface area (Å²) in [5, 5.41) is 7.37. The van der Waals surface area contributed by atoms with Crippen molar-refractivity contribution in [3.8, 4) is 0 Å². The number of rotatable bonds is 0. The average molecular weight is 212 g/mol. The van der Waals surface area contributed by atoms with Crippen LogP contribution in [-0.4, -0.2) is 17.6 Å². The quantitative estimate of drug-likeness (QED) is 0.693. The van der Waals surface area contributed by atoms with Crippen LogP contribution < -0.4 is 10.6 Å². The third kappa shape index (κ3) is 1.77. The fourth-order valence-electron chi connectivity index (χ4n) is 1.49. The van der Waals surface area contributed by atoms with Crippen molar-refractivity contribution in [2.75, 3.05) is 17.2 Å². The zero-order chi connectivity index (χ0) is 10.1. The maximum Gasteiger partial charge on any atom is 0.149 e. The predicted octanol–water partition coefficient (Wildman–Crippen LogP) is 2.60. The van der Waals surface area contributed by atoms with Crippen LogP contribution in [0.25, 0.3) is 0 Å². The van der Waals surface area contributed by atoms with E-state index in [2.05, 4.69) is 29.5 Å². The molecule has 2 rings (SSSR count). The first-order valence-corrected chi connectivity index (χ1v) is 5.20. The second-order valence-electron chi connectivity index (χ2n) is 3.84. The van der Waals surface area contributed by atoms with Gasteiger partial charge in [-0.2, -0.15) is 0 Å². The molecule has 3 nitrogen and oxygen atoms in total. The lowest BCUT2D eigenvalue weighted by atomic mass is 10.1. The number of hydrogen-bond acceptors (Lipinski definition) is 3. The number of fused-ring (bicyclic) bond motifs is 1. The number of halogens is 1. The van der Waals surface area contributed by atoms with Crippen molar-refractivity contribution in [1.82, 2.24) is 4.98 Å². The topological polar surface area (TPSA) is 37.0 Å². The minimum Gasteiger partial charge on any atom is -0.382 e. The molecule has 76 valence electrons. The van der Waals surface area contributed by atoms with E-state index in [9.17, 15) is 0 Å². The van der Waals surface area contributed by atoms with Gasteiger partial charge in [0.15, 0.2) is 0 Å². The molecule has 14 heavy (non-hydrogen) atoms. The van der Waals surface area contributed by atoms with E-state index < -0.39 is 0 Å². The lowest BCUT2D eigenvalue weighted by Crippen LogP contribution is -2.25. The molecule has 0 spiro atoms. The van der Waals surface area contributed by atoms with Crippen molar-refractivity contribution >= 4 is 23.1 Å². The van der Waals surface area contributed by atoms with E-state index in [1.54, 1.807) is 6.20 Å². The van der Waals surface area contributed by atoms with Gasteiger partial charge in [-0.3, -0.25) is 0 Å². The van der Waals surface area contributed by atoms with E-state index in [4.69, 9.17) is 11.6 Å². The molecule has 1 aliphatic heterocycles. The largest absolute Gasteiger partial charge is 0.382 e. The van der Waals surface area contributed by atoms with Crippen LogP contribution in [0.5, 0.6) is 0 Å². The van der Waals surface area contributed by atoms with Gasteiger partial charge in [0.1, 0.15) is 5.82 Å². The predicted molar refractivity (Wildman–Crippen MR) is 60.0 cm³/mol. The Bertz CT molecular complexity index is 340. The molecular formula is C10H14ClN3. The molecular weight excluding hydrogens is 198 g/mol. The van der Waals surface area contributed by atoms with E-state index >= 15 is 0 Å². The number of nitrogens with one attached hydrogen (secondary N) is 2. The summed E-state index contributed by atoms with van der Waals surface area (Å²) in [7, 11) is 0. The highest BCUT2D eigenvalue weighted by molar-refractivity contribution is 6.30. The van der Waals surface area contributed by atoms with E-state index in [0.717, 1.165) is 18.1 Å². The summed E-state index contributed by atoms with van der Waals surface area (Å²) in [5.74, 6) is 1.47. The van der Waals surface area contributed by atoms with Crippen LogP contribution in [0, 0.1) is 5.92 Å². The van der Waals surface area contributed by atoms with Crippen LogP contribution in [-0.2, 0) is 0 Å². The second kappa shape index (κ2) is 3.65. The first-order chi connectivity index (χ1) is 6.66. The van der Waals surface area contributed by atoms with Crippen LogP contribution >= 0.6 is 11.6 Å². The maximum atomic E-state index is 5.87. The summed E-state index contributed by atoms with van der Waals surface area (Å²) >= 11 is 5.87. The van der Waals surface area contributed by atoms with Gasteiger partial charge in [-0.1, -0.05) is 18.5 Å². The number of hydrogen-bond donors (Lipinski definition) is 2. The molecule has 1 aliphatic rings. The van der Waals surface area contributed by atoms with Crippen molar-refractivity contribution in [3.63, 3.8) is 0 Å². The Kier molecular flexibility index (Phi) is 2.50. The molecule has 1 aromatic rings. The summed E-state index contributed by atoms with van der Waals surface area (Å²) in [6, 6.07) is 2.33. The summed E-state index contributed by atoms with van der Waals surface area (Å²) in [6.07, 6.45) is 1.66. The van der Waals surface area contributed by atoms with E-state index in [0.29, 0.717) is 17.0 Å². The van der Waals surface area contributed by atoms with Crippen molar-refractivity contribution in [3.05, 3.63) is 17.3 Å². The maximum absolute atomic E-state index is 5.87. The molecule has 0 saturated heterocycles. The molecule has 0 aromatic carbocycles. The third-order valence-electron chi connectivity index (χ3n) is 2.69. The fourth-order valence-corrected chi connectivity index (χ4v) is 1.65. The molecule has 4 heteroatoms. The van der Waals surface area contributed by atoms with Gasteiger partial charge in [0.25, 0.3) is 0 Å². The monoisotopic (exact) mass is 211 g/mol. The number of anilines is 2. The van der Waals surface area contributed by atoms with Gasteiger partial charge >= 0.3 is 0 Å². The number of aromatic nitrogens is 1. The summed E-state index contributed by atoms with van der Waals surface area (Å²) in [4.78, 5) is 4.26. The summed E-state index contributed by atoms with van der Waals surface area (Å²) in [6.45, 7) is 5.32. The summed E-state index contributed by atoms with van der Waals surface area (Å²) < 4.78 is 0. The minimum atomic E-state index is 0.428. The number of nitrogens with zero attached hydrogens (tertiary/aromatic N) is 1. The van der Waals surface area contributed by atoms with Gasteiger partial charge in [0.05, 0.1) is 10.7 Å². The molecule has 0 amide bonds. The Balaban J connectivity index is 2.33. The Morgan fingerprint density at radius 2 is 2.29 bits per heavy atom. The zero-order valence-corrected chi connectivity index (χ0v) is 9.10. The van der Waals surface area contributed by atoms with Crippen molar-refractivity contribution in [2.45, 2.75) is 19.9 Å². The molecule has 2 unspecified atom stereocenters. The molecule has 2 N–H and O–H groups in total. The van der Waals surface area contributed by atoms with Crippen LogP contribution in [0.4, 0.5) is 11.5 Å². The highest BCUT2D eigenvalue weighted by atomic mass is 35.5. The van der Waals surface area contributed by atoms with Gasteiger partial charge < -0.3 is 10.6 Å². The molecule has 0 fully saturated rings. The Morgan fingerprint density at radius 1 is 1.50 bits per heavy atom. The van der Waals surface area contributed by atoms with Crippen LogP contribution in [0.15, 0.2) is 12.3 Å². The second-order valence-corrected chi connectivity index (χ2v) is 4.28. The number of pyridine rings is 1. The van der Waals surface area contributed by atoms with E-state index in [1.807, 2.05) is 6.07 Å². The van der Waals surface area contributed by atoms with E-state index in [1.165, 1.54) is 0 Å². The smallest absolute Gasteiger partial charge is 0.149 e. The van der Waals surface area contributed by atoms with Gasteiger partial charge in [-0.05, 0) is 18.9 Å². The molecule has 0 bridgehead atoms. The lowest BCUT2D eigenvalue weighted by Gasteiger charge is -2.17. The van der Waals surface area contributed by atoms with Gasteiger partial charge in [0, 0.05) is 18.8 Å². The average Bonchev–Trinajstić information content (AvgIpc) is 2.29. The van der Waals surface area contributed by atoms with Crippen LogP contribution in [0.2, 0.25) is 5.02 Å². The molecule has 2 atom stereocenters. The Labute approximate surface area is 88.9 Å². The van der Waals surface area contributed by atoms with Gasteiger partial charge in [-0.25, -0.2) is 4.98 Å². The lowest BCUT2D eigenvalue weighted by molar-refractivity contribution is 0.541. The molecule has 0 radical (unpaired) electrons. The standard InChI is InChI=1S/C10H14ClN3/c1-6-4-12-9-3-8(11)5-13-10(9)14-7(6)2/h3,5-7,12H,4H2,1-2H3,(H,13,14). The van der Waals surface area contributed by atoms with Crippen molar-refractivity contribution < 1.29 is 0 Å². The molecule has 0 aliphatic carbocycles. The van der Waals surface area contributed by atoms with Gasteiger partial charge in [-0.15, -0.1) is 0 Å². The van der Waals surface area contributed by atoms with Crippen molar-refractivity contribution in [2.24, 2.45) is 5.92 Å². The van der Waals surface area contributed by atoms with E-state index in [-0.39, 0.29) is 0 Å². The fraction of sp³-hybridized carbons (Fsp3) is 0.500. The Morgan fingerprint density at radius 3 is 3.07 bits per heavy atom. The van der Waals surface area contributed by atoms with Crippen LogP contribution in [0.3, 0.4) is 0 Å². The summed E-state index contributed by atoms with van der Waals surface area (Å²) in [5.41, 5.74) is 0.994. The molecule has 1 aromatic heterocycles. The van der Waals surface area contributed by atoms with Crippen LogP contribution in [0.1, 0.15) is 13.8 Å². The Hall–Kier alpha value is -0.960. The van der Waals surface area contributed by atoms with Gasteiger partial charge in [0.2, 0.25) is 0 Å². The highest BCUT2D eigenvalue weighted by Gasteiger charge is 2.18. The first kappa shape index (κ1) is 9.59. The normalized spacial score (nSPS) is 25.6. The molecule has 2 heterocycles. The highest BCUT2D eigenvalue weighted by Crippen LogP contribution is 2.27. The zero-order valence-electron chi connectivity index (χ0n) is 8.34. The molecule has 0 saturated carbocycles. The minimum absolute atomic E-state index is 0.428. The van der Waals surface area contributed by atoms with Crippen molar-refractivity contribution in [1.29, 1.82) is 0 Å². The third-order valence-corrected chi connectivity index (χ3v) is 2.89.